The van der Waals surface area contributed by atoms with Crippen molar-refractivity contribution in [2.45, 2.75) is 6.54 Å². The van der Waals surface area contributed by atoms with Crippen molar-refractivity contribution in [1.82, 2.24) is 0 Å². The van der Waals surface area contributed by atoms with Gasteiger partial charge in [-0.25, -0.2) is 4.39 Å². The van der Waals surface area contributed by atoms with Crippen molar-refractivity contribution < 1.29 is 9.50 Å². The molecule has 4 heteroatoms. The molecule has 0 spiro atoms. The molecule has 0 heterocycles. The van der Waals surface area contributed by atoms with Crippen LogP contribution < -0.4 is 5.73 Å². The topological polar surface area (TPSA) is 46.2 Å². The Morgan fingerprint density at radius 2 is 2.00 bits per heavy atom. The summed E-state index contributed by atoms with van der Waals surface area (Å²) in [7, 11) is 0. The van der Waals surface area contributed by atoms with Crippen LogP contribution in [0, 0.1) is 5.82 Å². The molecule has 0 saturated carbocycles. The van der Waals surface area contributed by atoms with E-state index in [2.05, 4.69) is 0 Å². The summed E-state index contributed by atoms with van der Waals surface area (Å²) in [5.41, 5.74) is 5.80. The van der Waals surface area contributed by atoms with E-state index in [4.69, 9.17) is 10.8 Å². The van der Waals surface area contributed by atoms with Gasteiger partial charge in [-0.1, -0.05) is 0 Å². The second-order valence-corrected chi connectivity index (χ2v) is 2.02. The van der Waals surface area contributed by atoms with Crippen molar-refractivity contribution >= 4 is 12.4 Å². The lowest BCUT2D eigenvalue weighted by molar-refractivity contribution is 0.468. The minimum absolute atomic E-state index is 0. The second kappa shape index (κ2) is 4.16. The average Bonchev–Trinajstić information content (AvgIpc) is 1.85. The summed E-state index contributed by atoms with van der Waals surface area (Å²) >= 11 is 0. The maximum Gasteiger partial charge on any atom is 0.127 e. The van der Waals surface area contributed by atoms with Gasteiger partial charge in [-0.2, -0.15) is 0 Å². The van der Waals surface area contributed by atoms with Gasteiger partial charge in [0.05, 0.1) is 0 Å². The smallest absolute Gasteiger partial charge is 0.127 e. The molecule has 0 amide bonds. The molecular weight excluding hydrogens is 169 g/mol. The van der Waals surface area contributed by atoms with Gasteiger partial charge in [-0.05, 0) is 17.7 Å². The molecule has 1 aromatic rings. The molecular formula is C7H9ClFNO. The van der Waals surface area contributed by atoms with E-state index in [1.54, 1.807) is 0 Å². The molecule has 0 bridgehead atoms. The van der Waals surface area contributed by atoms with Gasteiger partial charge in [0.25, 0.3) is 0 Å². The second-order valence-electron chi connectivity index (χ2n) is 2.02. The van der Waals surface area contributed by atoms with Gasteiger partial charge in [0.15, 0.2) is 0 Å². The van der Waals surface area contributed by atoms with Crippen LogP contribution in [0.4, 0.5) is 4.39 Å². The molecule has 11 heavy (non-hydrogen) atoms. The molecule has 2 nitrogen and oxygen atoms in total. The van der Waals surface area contributed by atoms with Crippen LogP contribution in [0.15, 0.2) is 18.2 Å². The maximum atomic E-state index is 12.4. The minimum atomic E-state index is -0.458. The fourth-order valence-corrected chi connectivity index (χ4v) is 0.751. The standard InChI is InChI=1S/C7H8FNO.ClH/c8-6-1-5(4-9)2-7(10)3-6;/h1-3,10H,4,9H2;1H. The van der Waals surface area contributed by atoms with Crippen molar-refractivity contribution in [2.75, 3.05) is 0 Å². The number of rotatable bonds is 1. The summed E-state index contributed by atoms with van der Waals surface area (Å²) in [5.74, 6) is -0.541. The van der Waals surface area contributed by atoms with Crippen molar-refractivity contribution in [3.05, 3.63) is 29.6 Å². The summed E-state index contributed by atoms with van der Waals surface area (Å²) in [4.78, 5) is 0. The predicted molar refractivity (Wildman–Crippen MR) is 43.2 cm³/mol. The molecule has 0 radical (unpaired) electrons. The van der Waals surface area contributed by atoms with E-state index in [0.717, 1.165) is 6.07 Å². The zero-order valence-electron chi connectivity index (χ0n) is 5.75. The van der Waals surface area contributed by atoms with Gasteiger partial charge >= 0.3 is 0 Å². The number of aromatic hydroxyl groups is 1. The SMILES string of the molecule is Cl.NCc1cc(O)cc(F)c1. The molecule has 0 aromatic heterocycles. The Hall–Kier alpha value is -0.800. The Balaban J connectivity index is 0.000001000. The van der Waals surface area contributed by atoms with Gasteiger partial charge < -0.3 is 10.8 Å². The zero-order valence-corrected chi connectivity index (χ0v) is 6.57. The van der Waals surface area contributed by atoms with E-state index in [-0.39, 0.29) is 24.7 Å². The summed E-state index contributed by atoms with van der Waals surface area (Å²) < 4.78 is 12.4. The monoisotopic (exact) mass is 177 g/mol. The number of hydrogen-bond acceptors (Lipinski definition) is 2. The summed E-state index contributed by atoms with van der Waals surface area (Å²) in [6, 6.07) is 3.77. The van der Waals surface area contributed by atoms with Crippen LogP contribution in [-0.4, -0.2) is 5.11 Å². The molecule has 0 atom stereocenters. The highest BCUT2D eigenvalue weighted by atomic mass is 35.5. The Kier molecular flexibility index (Phi) is 3.85. The van der Waals surface area contributed by atoms with Crippen molar-refractivity contribution in [1.29, 1.82) is 0 Å². The average molecular weight is 178 g/mol. The third kappa shape index (κ3) is 2.74. The maximum absolute atomic E-state index is 12.4. The fraction of sp³-hybridized carbons (Fsp3) is 0.143. The molecule has 1 rings (SSSR count). The number of halogens is 2. The molecule has 0 aliphatic heterocycles. The molecule has 62 valence electrons. The largest absolute Gasteiger partial charge is 0.508 e. The number of phenolic OH excluding ortho intramolecular Hbond substituents is 1. The van der Waals surface area contributed by atoms with E-state index in [1.165, 1.54) is 12.1 Å². The number of phenols is 1. The van der Waals surface area contributed by atoms with E-state index >= 15 is 0 Å². The summed E-state index contributed by atoms with van der Waals surface area (Å²) in [5, 5.41) is 8.83. The number of hydrogen-bond donors (Lipinski definition) is 2. The lowest BCUT2D eigenvalue weighted by atomic mass is 10.2. The van der Waals surface area contributed by atoms with Crippen LogP contribution in [0.5, 0.6) is 5.75 Å². The van der Waals surface area contributed by atoms with Gasteiger partial charge in [0.1, 0.15) is 11.6 Å². The highest BCUT2D eigenvalue weighted by Gasteiger charge is 1.96. The number of nitrogens with two attached hydrogens (primary N) is 1. The Morgan fingerprint density at radius 3 is 2.45 bits per heavy atom. The van der Waals surface area contributed by atoms with Crippen molar-refractivity contribution in [3.63, 3.8) is 0 Å². The molecule has 0 aliphatic carbocycles. The van der Waals surface area contributed by atoms with E-state index in [1.807, 2.05) is 0 Å². The Morgan fingerprint density at radius 1 is 1.36 bits per heavy atom. The van der Waals surface area contributed by atoms with E-state index in [9.17, 15) is 4.39 Å². The van der Waals surface area contributed by atoms with Crippen molar-refractivity contribution in [2.24, 2.45) is 5.73 Å². The molecule has 0 unspecified atom stereocenters. The summed E-state index contributed by atoms with van der Waals surface area (Å²) in [6.07, 6.45) is 0. The van der Waals surface area contributed by atoms with Crippen molar-refractivity contribution in [3.8, 4) is 5.75 Å². The first-order valence-corrected chi connectivity index (χ1v) is 2.91. The van der Waals surface area contributed by atoms with Gasteiger partial charge in [-0.15, -0.1) is 12.4 Å². The van der Waals surface area contributed by atoms with Gasteiger partial charge in [0.2, 0.25) is 0 Å². The molecule has 0 saturated heterocycles. The van der Waals surface area contributed by atoms with Crippen LogP contribution >= 0.6 is 12.4 Å². The third-order valence-corrected chi connectivity index (χ3v) is 1.18. The van der Waals surface area contributed by atoms with Crippen LogP contribution in [0.3, 0.4) is 0 Å². The quantitative estimate of drug-likeness (QED) is 0.682. The van der Waals surface area contributed by atoms with Crippen LogP contribution in [-0.2, 0) is 6.54 Å². The van der Waals surface area contributed by atoms with E-state index < -0.39 is 5.82 Å². The molecule has 3 N–H and O–H groups in total. The fourth-order valence-electron chi connectivity index (χ4n) is 0.751. The first kappa shape index (κ1) is 10.2. The molecule has 0 aliphatic rings. The zero-order chi connectivity index (χ0) is 7.56. The van der Waals surface area contributed by atoms with Crippen LogP contribution in [0.1, 0.15) is 5.56 Å². The van der Waals surface area contributed by atoms with Crippen LogP contribution in [0.2, 0.25) is 0 Å². The first-order valence-electron chi connectivity index (χ1n) is 2.91. The predicted octanol–water partition coefficient (Wildman–Crippen LogP) is 1.41. The highest BCUT2D eigenvalue weighted by Crippen LogP contribution is 2.13. The summed E-state index contributed by atoms with van der Waals surface area (Å²) in [6.45, 7) is 0.241. The molecule has 0 fully saturated rings. The molecule has 1 aromatic carbocycles. The van der Waals surface area contributed by atoms with Gasteiger partial charge in [0, 0.05) is 12.6 Å². The first-order chi connectivity index (χ1) is 4.72. The lowest BCUT2D eigenvalue weighted by Crippen LogP contribution is -1.96. The number of benzene rings is 1. The van der Waals surface area contributed by atoms with E-state index in [0.29, 0.717) is 5.56 Å². The Bertz CT molecular complexity index is 222. The third-order valence-electron chi connectivity index (χ3n) is 1.18. The highest BCUT2D eigenvalue weighted by molar-refractivity contribution is 5.85. The lowest BCUT2D eigenvalue weighted by Gasteiger charge is -1.97. The van der Waals surface area contributed by atoms with Gasteiger partial charge in [-0.3, -0.25) is 0 Å². The normalized spacial score (nSPS) is 8.91. The Labute approximate surface area is 70.2 Å². The minimum Gasteiger partial charge on any atom is -0.508 e. The van der Waals surface area contributed by atoms with Crippen LogP contribution in [0.25, 0.3) is 0 Å².